The van der Waals surface area contributed by atoms with E-state index in [4.69, 9.17) is 5.11 Å². The molecule has 1 heterocycles. The SMILES string of the molecule is CCC(C)C(NS(=O)(=O)CCc1ccncc1)C(=O)O. The predicted molar refractivity (Wildman–Crippen MR) is 75.7 cm³/mol. The number of nitrogens with one attached hydrogen (secondary N) is 1. The van der Waals surface area contributed by atoms with Crippen LogP contribution in [0.15, 0.2) is 24.5 Å². The number of carboxylic acid groups (broad SMARTS) is 1. The Morgan fingerprint density at radius 3 is 2.50 bits per heavy atom. The van der Waals surface area contributed by atoms with Gasteiger partial charge in [-0.2, -0.15) is 0 Å². The van der Waals surface area contributed by atoms with Gasteiger partial charge in [-0.1, -0.05) is 20.3 Å². The van der Waals surface area contributed by atoms with Crippen LogP contribution < -0.4 is 4.72 Å². The topological polar surface area (TPSA) is 96.4 Å². The summed E-state index contributed by atoms with van der Waals surface area (Å²) in [7, 11) is -3.63. The smallest absolute Gasteiger partial charge is 0.322 e. The number of hydrogen-bond donors (Lipinski definition) is 2. The summed E-state index contributed by atoms with van der Waals surface area (Å²) < 4.78 is 26.2. The van der Waals surface area contributed by atoms with Crippen LogP contribution in [0.1, 0.15) is 25.8 Å². The van der Waals surface area contributed by atoms with Gasteiger partial charge in [-0.05, 0) is 30.0 Å². The van der Waals surface area contributed by atoms with Gasteiger partial charge < -0.3 is 5.11 Å². The number of sulfonamides is 1. The zero-order valence-electron chi connectivity index (χ0n) is 11.6. The normalized spacial score (nSPS) is 14.7. The number of aromatic nitrogens is 1. The van der Waals surface area contributed by atoms with E-state index in [0.717, 1.165) is 5.56 Å². The van der Waals surface area contributed by atoms with Crippen molar-refractivity contribution in [3.05, 3.63) is 30.1 Å². The number of carbonyl (C=O) groups is 1. The van der Waals surface area contributed by atoms with Crippen molar-refractivity contribution < 1.29 is 18.3 Å². The molecule has 0 spiro atoms. The molecule has 0 radical (unpaired) electrons. The van der Waals surface area contributed by atoms with Gasteiger partial charge in [-0.25, -0.2) is 13.1 Å². The quantitative estimate of drug-likeness (QED) is 0.748. The molecule has 2 N–H and O–H groups in total. The van der Waals surface area contributed by atoms with Crippen molar-refractivity contribution in [2.24, 2.45) is 5.92 Å². The van der Waals surface area contributed by atoms with Crippen LogP contribution in [-0.4, -0.2) is 36.3 Å². The summed E-state index contributed by atoms with van der Waals surface area (Å²) in [5.41, 5.74) is 0.848. The number of rotatable bonds is 8. The van der Waals surface area contributed by atoms with Crippen molar-refractivity contribution in [3.63, 3.8) is 0 Å². The molecule has 0 fully saturated rings. The van der Waals surface area contributed by atoms with E-state index in [-0.39, 0.29) is 11.7 Å². The summed E-state index contributed by atoms with van der Waals surface area (Å²) in [6, 6.07) is 2.39. The van der Waals surface area contributed by atoms with Gasteiger partial charge >= 0.3 is 5.97 Å². The minimum absolute atomic E-state index is 0.142. The fourth-order valence-corrected chi connectivity index (χ4v) is 3.04. The third-order valence-corrected chi connectivity index (χ3v) is 4.55. The second-order valence-electron chi connectivity index (χ2n) is 4.74. The summed E-state index contributed by atoms with van der Waals surface area (Å²) in [5.74, 6) is -1.55. The zero-order valence-corrected chi connectivity index (χ0v) is 12.4. The molecule has 1 aromatic rings. The first-order chi connectivity index (χ1) is 9.35. The lowest BCUT2D eigenvalue weighted by Gasteiger charge is -2.20. The van der Waals surface area contributed by atoms with Crippen LogP contribution in [0.5, 0.6) is 0 Å². The molecule has 2 unspecified atom stereocenters. The average molecular weight is 300 g/mol. The summed E-state index contributed by atoms with van der Waals surface area (Å²) in [4.78, 5) is 15.0. The monoisotopic (exact) mass is 300 g/mol. The van der Waals surface area contributed by atoms with Crippen molar-refractivity contribution in [1.29, 1.82) is 0 Å². The maximum Gasteiger partial charge on any atom is 0.322 e. The van der Waals surface area contributed by atoms with Crippen molar-refractivity contribution in [3.8, 4) is 0 Å². The zero-order chi connectivity index (χ0) is 15.2. The standard InChI is InChI=1S/C13H20N2O4S/c1-3-10(2)12(13(16)17)15-20(18,19)9-6-11-4-7-14-8-5-11/h4-5,7-8,10,12,15H,3,6,9H2,1-2H3,(H,16,17). The molecule has 2 atom stereocenters. The van der Waals surface area contributed by atoms with Gasteiger partial charge in [-0.3, -0.25) is 9.78 Å². The van der Waals surface area contributed by atoms with E-state index in [0.29, 0.717) is 12.8 Å². The van der Waals surface area contributed by atoms with Gasteiger partial charge in [-0.15, -0.1) is 0 Å². The third kappa shape index (κ3) is 5.26. The number of pyridine rings is 1. The van der Waals surface area contributed by atoms with Gasteiger partial charge in [0, 0.05) is 12.4 Å². The van der Waals surface area contributed by atoms with E-state index in [2.05, 4.69) is 9.71 Å². The highest BCUT2D eigenvalue weighted by molar-refractivity contribution is 7.89. The van der Waals surface area contributed by atoms with E-state index in [9.17, 15) is 13.2 Å². The lowest BCUT2D eigenvalue weighted by Crippen LogP contribution is -2.45. The number of nitrogens with zero attached hydrogens (tertiary/aromatic N) is 1. The molecule has 0 amide bonds. The van der Waals surface area contributed by atoms with E-state index in [1.165, 1.54) is 0 Å². The first-order valence-electron chi connectivity index (χ1n) is 6.47. The van der Waals surface area contributed by atoms with Gasteiger partial charge in [0.15, 0.2) is 0 Å². The number of hydrogen-bond acceptors (Lipinski definition) is 4. The Morgan fingerprint density at radius 1 is 1.40 bits per heavy atom. The second kappa shape index (κ2) is 7.35. The Kier molecular flexibility index (Phi) is 6.09. The van der Waals surface area contributed by atoms with E-state index in [1.807, 2.05) is 6.92 Å². The maximum atomic E-state index is 11.9. The highest BCUT2D eigenvalue weighted by atomic mass is 32.2. The highest BCUT2D eigenvalue weighted by Crippen LogP contribution is 2.10. The molecule has 1 rings (SSSR count). The fraction of sp³-hybridized carbons (Fsp3) is 0.538. The number of carboxylic acids is 1. The molecule has 0 aliphatic rings. The third-order valence-electron chi connectivity index (χ3n) is 3.19. The summed E-state index contributed by atoms with van der Waals surface area (Å²) >= 11 is 0. The number of aryl methyl sites for hydroxylation is 1. The van der Waals surface area contributed by atoms with Crippen LogP contribution in [0.2, 0.25) is 0 Å². The molecule has 0 aliphatic heterocycles. The summed E-state index contributed by atoms with van der Waals surface area (Å²) in [6.07, 6.45) is 4.09. The minimum atomic E-state index is -3.63. The highest BCUT2D eigenvalue weighted by Gasteiger charge is 2.28. The minimum Gasteiger partial charge on any atom is -0.480 e. The molecular weight excluding hydrogens is 280 g/mol. The Bertz CT molecular complexity index is 531. The second-order valence-corrected chi connectivity index (χ2v) is 6.62. The van der Waals surface area contributed by atoms with Gasteiger partial charge in [0.25, 0.3) is 0 Å². The van der Waals surface area contributed by atoms with Gasteiger partial charge in [0.05, 0.1) is 5.75 Å². The van der Waals surface area contributed by atoms with E-state index >= 15 is 0 Å². The molecule has 7 heteroatoms. The Balaban J connectivity index is 2.66. The first-order valence-corrected chi connectivity index (χ1v) is 8.12. The van der Waals surface area contributed by atoms with E-state index in [1.54, 1.807) is 31.5 Å². The lowest BCUT2D eigenvalue weighted by molar-refractivity contribution is -0.140. The molecule has 0 saturated carbocycles. The van der Waals surface area contributed by atoms with Crippen LogP contribution in [0, 0.1) is 5.92 Å². The largest absolute Gasteiger partial charge is 0.480 e. The molecule has 112 valence electrons. The van der Waals surface area contributed by atoms with Crippen LogP contribution >= 0.6 is 0 Å². The molecule has 6 nitrogen and oxygen atoms in total. The van der Waals surface area contributed by atoms with Crippen LogP contribution in [0.3, 0.4) is 0 Å². The Morgan fingerprint density at radius 2 is 2.00 bits per heavy atom. The van der Waals surface area contributed by atoms with Crippen molar-refractivity contribution in [1.82, 2.24) is 9.71 Å². The molecular formula is C13H20N2O4S. The van der Waals surface area contributed by atoms with Crippen LogP contribution in [-0.2, 0) is 21.2 Å². The molecule has 1 aromatic heterocycles. The average Bonchev–Trinajstić information content (AvgIpc) is 2.43. The van der Waals surface area contributed by atoms with Gasteiger partial charge in [0.2, 0.25) is 10.0 Å². The maximum absolute atomic E-state index is 11.9. The Labute approximate surface area is 119 Å². The molecule has 0 saturated heterocycles. The predicted octanol–water partition coefficient (Wildman–Crippen LogP) is 1.04. The van der Waals surface area contributed by atoms with Crippen molar-refractivity contribution >= 4 is 16.0 Å². The molecule has 0 aromatic carbocycles. The molecule has 0 bridgehead atoms. The Hall–Kier alpha value is -1.47. The fourth-order valence-electron chi connectivity index (χ4n) is 1.70. The first kappa shape index (κ1) is 16.6. The van der Waals surface area contributed by atoms with Crippen molar-refractivity contribution in [2.75, 3.05) is 5.75 Å². The number of aliphatic carboxylic acids is 1. The van der Waals surface area contributed by atoms with Gasteiger partial charge in [0.1, 0.15) is 6.04 Å². The molecule has 0 aliphatic carbocycles. The van der Waals surface area contributed by atoms with Crippen LogP contribution in [0.4, 0.5) is 0 Å². The lowest BCUT2D eigenvalue weighted by atomic mass is 10.0. The van der Waals surface area contributed by atoms with Crippen LogP contribution in [0.25, 0.3) is 0 Å². The van der Waals surface area contributed by atoms with Crippen molar-refractivity contribution in [2.45, 2.75) is 32.7 Å². The van der Waals surface area contributed by atoms with E-state index < -0.39 is 22.0 Å². The molecule has 20 heavy (non-hydrogen) atoms. The summed E-state index contributed by atoms with van der Waals surface area (Å²) in [5, 5.41) is 9.09. The summed E-state index contributed by atoms with van der Waals surface area (Å²) in [6.45, 7) is 3.54.